The van der Waals surface area contributed by atoms with E-state index in [0.717, 1.165) is 10.0 Å². The van der Waals surface area contributed by atoms with Crippen molar-refractivity contribution < 1.29 is 9.53 Å². The van der Waals surface area contributed by atoms with E-state index in [0.29, 0.717) is 5.75 Å². The Morgan fingerprint density at radius 1 is 1.04 bits per heavy atom. The van der Waals surface area contributed by atoms with Gasteiger partial charge in [-0.25, -0.2) is 0 Å². The maximum Gasteiger partial charge on any atom is 0.261 e. The molecule has 0 saturated heterocycles. The lowest BCUT2D eigenvalue weighted by Gasteiger charge is -2.19. The molecular formula is C19H22BrNO2. The van der Waals surface area contributed by atoms with E-state index in [1.165, 1.54) is 11.1 Å². The lowest BCUT2D eigenvalue weighted by molar-refractivity contribution is -0.127. The monoisotopic (exact) mass is 375 g/mol. The molecule has 1 amide bonds. The third-order valence-corrected chi connectivity index (χ3v) is 4.41. The largest absolute Gasteiger partial charge is 0.481 e. The summed E-state index contributed by atoms with van der Waals surface area (Å²) in [6.07, 6.45) is -0.551. The second kappa shape index (κ2) is 7.64. The van der Waals surface area contributed by atoms with Gasteiger partial charge in [0.05, 0.1) is 6.04 Å². The zero-order valence-electron chi connectivity index (χ0n) is 13.9. The molecule has 1 N–H and O–H groups in total. The van der Waals surface area contributed by atoms with E-state index < -0.39 is 6.10 Å². The van der Waals surface area contributed by atoms with E-state index in [9.17, 15) is 4.79 Å². The number of ether oxygens (including phenoxy) is 1. The predicted molar refractivity (Wildman–Crippen MR) is 96.7 cm³/mol. The Hall–Kier alpha value is -1.81. The van der Waals surface area contributed by atoms with Crippen LogP contribution in [0.1, 0.15) is 36.6 Å². The fraction of sp³-hybridized carbons (Fsp3) is 0.316. The number of nitrogens with one attached hydrogen (secondary N) is 1. The molecule has 0 saturated carbocycles. The lowest BCUT2D eigenvalue weighted by atomic mass is 10.0. The minimum absolute atomic E-state index is 0.0576. The standard InChI is InChI=1S/C19H22BrNO2/c1-12-5-6-16(11-13(12)2)14(3)21-19(22)15(4)23-18-9-7-17(20)8-10-18/h5-11,14-15H,1-4H3,(H,21,22)/t14-,15-/m1/s1. The molecule has 3 nitrogen and oxygen atoms in total. The minimum Gasteiger partial charge on any atom is -0.481 e. The van der Waals surface area contributed by atoms with Gasteiger partial charge < -0.3 is 10.1 Å². The maximum atomic E-state index is 12.3. The molecule has 0 fully saturated rings. The normalized spacial score (nSPS) is 13.3. The highest BCUT2D eigenvalue weighted by molar-refractivity contribution is 9.10. The number of halogens is 1. The molecule has 122 valence electrons. The van der Waals surface area contributed by atoms with Crippen molar-refractivity contribution in [3.63, 3.8) is 0 Å². The van der Waals surface area contributed by atoms with Gasteiger partial charge >= 0.3 is 0 Å². The van der Waals surface area contributed by atoms with Gasteiger partial charge in [0.2, 0.25) is 0 Å². The molecule has 0 unspecified atom stereocenters. The molecule has 2 rings (SSSR count). The van der Waals surface area contributed by atoms with Crippen LogP contribution in [0.2, 0.25) is 0 Å². The molecule has 0 spiro atoms. The quantitative estimate of drug-likeness (QED) is 0.821. The van der Waals surface area contributed by atoms with Crippen molar-refractivity contribution in [3.05, 3.63) is 63.6 Å². The van der Waals surface area contributed by atoms with E-state index >= 15 is 0 Å². The summed E-state index contributed by atoms with van der Waals surface area (Å²) < 4.78 is 6.65. The number of aryl methyl sites for hydroxylation is 2. The Bertz CT molecular complexity index is 682. The van der Waals surface area contributed by atoms with Crippen LogP contribution in [0.25, 0.3) is 0 Å². The third-order valence-electron chi connectivity index (χ3n) is 3.89. The van der Waals surface area contributed by atoms with Gasteiger partial charge in [-0.05, 0) is 68.7 Å². The summed E-state index contributed by atoms with van der Waals surface area (Å²) in [5, 5.41) is 3.00. The van der Waals surface area contributed by atoms with Crippen LogP contribution in [0.15, 0.2) is 46.9 Å². The second-order valence-electron chi connectivity index (χ2n) is 5.79. The van der Waals surface area contributed by atoms with Gasteiger partial charge in [-0.15, -0.1) is 0 Å². The Kier molecular flexibility index (Phi) is 5.83. The molecular weight excluding hydrogens is 354 g/mol. The van der Waals surface area contributed by atoms with E-state index in [-0.39, 0.29) is 11.9 Å². The number of benzene rings is 2. The molecule has 0 aliphatic rings. The SMILES string of the molecule is Cc1ccc([C@@H](C)NC(=O)[C@@H](C)Oc2ccc(Br)cc2)cc1C. The smallest absolute Gasteiger partial charge is 0.261 e. The Labute approximate surface area is 146 Å². The number of carbonyl (C=O) groups excluding carboxylic acids is 1. The summed E-state index contributed by atoms with van der Waals surface area (Å²) in [4.78, 5) is 12.3. The first-order chi connectivity index (χ1) is 10.9. The number of amides is 1. The van der Waals surface area contributed by atoms with Crippen molar-refractivity contribution >= 4 is 21.8 Å². The van der Waals surface area contributed by atoms with Crippen LogP contribution in [0.3, 0.4) is 0 Å². The van der Waals surface area contributed by atoms with Gasteiger partial charge in [-0.1, -0.05) is 34.1 Å². The van der Waals surface area contributed by atoms with Crippen LogP contribution in [-0.2, 0) is 4.79 Å². The molecule has 0 aromatic heterocycles. The topological polar surface area (TPSA) is 38.3 Å². The summed E-state index contributed by atoms with van der Waals surface area (Å²) in [7, 11) is 0. The molecule has 23 heavy (non-hydrogen) atoms. The Morgan fingerprint density at radius 2 is 1.70 bits per heavy atom. The van der Waals surface area contributed by atoms with Crippen LogP contribution < -0.4 is 10.1 Å². The lowest BCUT2D eigenvalue weighted by Crippen LogP contribution is -2.37. The second-order valence-corrected chi connectivity index (χ2v) is 6.70. The highest BCUT2D eigenvalue weighted by Crippen LogP contribution is 2.19. The third kappa shape index (κ3) is 4.83. The van der Waals surface area contributed by atoms with Gasteiger partial charge in [0, 0.05) is 4.47 Å². The molecule has 0 bridgehead atoms. The molecule has 2 atom stereocenters. The van der Waals surface area contributed by atoms with Gasteiger partial charge in [-0.2, -0.15) is 0 Å². The molecule has 2 aromatic rings. The zero-order valence-corrected chi connectivity index (χ0v) is 15.5. The summed E-state index contributed by atoms with van der Waals surface area (Å²) in [6, 6.07) is 13.6. The van der Waals surface area contributed by atoms with Crippen molar-refractivity contribution in [3.8, 4) is 5.75 Å². The van der Waals surface area contributed by atoms with E-state index in [2.05, 4.69) is 47.2 Å². The number of hydrogen-bond donors (Lipinski definition) is 1. The van der Waals surface area contributed by atoms with Crippen LogP contribution in [0, 0.1) is 13.8 Å². The Balaban J connectivity index is 1.96. The van der Waals surface area contributed by atoms with Gasteiger partial charge in [0.15, 0.2) is 6.10 Å². The molecule has 0 aliphatic carbocycles. The van der Waals surface area contributed by atoms with E-state index in [4.69, 9.17) is 4.74 Å². The van der Waals surface area contributed by atoms with Crippen molar-refractivity contribution in [2.75, 3.05) is 0 Å². The van der Waals surface area contributed by atoms with Crippen LogP contribution in [0.4, 0.5) is 0 Å². The summed E-state index contributed by atoms with van der Waals surface area (Å²) in [5.74, 6) is 0.549. The number of hydrogen-bond acceptors (Lipinski definition) is 2. The van der Waals surface area contributed by atoms with Crippen molar-refractivity contribution in [2.45, 2.75) is 39.8 Å². The molecule has 2 aromatic carbocycles. The first-order valence-electron chi connectivity index (χ1n) is 7.66. The van der Waals surface area contributed by atoms with Crippen LogP contribution in [-0.4, -0.2) is 12.0 Å². The van der Waals surface area contributed by atoms with Crippen molar-refractivity contribution in [1.82, 2.24) is 5.32 Å². The van der Waals surface area contributed by atoms with E-state index in [1.807, 2.05) is 37.3 Å². The van der Waals surface area contributed by atoms with Gasteiger partial charge in [0.25, 0.3) is 5.91 Å². The van der Waals surface area contributed by atoms with Gasteiger partial charge in [-0.3, -0.25) is 4.79 Å². The molecule has 4 heteroatoms. The summed E-state index contributed by atoms with van der Waals surface area (Å²) in [5.41, 5.74) is 3.57. The number of rotatable bonds is 5. The zero-order chi connectivity index (χ0) is 17.0. The van der Waals surface area contributed by atoms with Crippen molar-refractivity contribution in [1.29, 1.82) is 0 Å². The highest BCUT2D eigenvalue weighted by atomic mass is 79.9. The predicted octanol–water partition coefficient (Wildman–Crippen LogP) is 4.71. The molecule has 0 heterocycles. The van der Waals surface area contributed by atoms with Gasteiger partial charge in [0.1, 0.15) is 5.75 Å². The average Bonchev–Trinajstić information content (AvgIpc) is 2.52. The Morgan fingerprint density at radius 3 is 2.30 bits per heavy atom. The fourth-order valence-corrected chi connectivity index (χ4v) is 2.48. The molecule has 0 radical (unpaired) electrons. The highest BCUT2D eigenvalue weighted by Gasteiger charge is 2.18. The molecule has 0 aliphatic heterocycles. The summed E-state index contributed by atoms with van der Waals surface area (Å²) in [6.45, 7) is 7.89. The first-order valence-corrected chi connectivity index (χ1v) is 8.46. The minimum atomic E-state index is -0.551. The van der Waals surface area contributed by atoms with E-state index in [1.54, 1.807) is 6.92 Å². The maximum absolute atomic E-state index is 12.3. The van der Waals surface area contributed by atoms with Crippen molar-refractivity contribution in [2.24, 2.45) is 0 Å². The number of carbonyl (C=O) groups is 1. The summed E-state index contributed by atoms with van der Waals surface area (Å²) >= 11 is 3.38. The fourth-order valence-electron chi connectivity index (χ4n) is 2.22. The van der Waals surface area contributed by atoms with Crippen LogP contribution in [0.5, 0.6) is 5.75 Å². The first kappa shape index (κ1) is 17.5. The average molecular weight is 376 g/mol. The van der Waals surface area contributed by atoms with Crippen LogP contribution >= 0.6 is 15.9 Å².